The lowest BCUT2D eigenvalue weighted by Crippen LogP contribution is -2.20. The van der Waals surface area contributed by atoms with Crippen molar-refractivity contribution in [1.82, 2.24) is 14.8 Å². The van der Waals surface area contributed by atoms with E-state index in [1.165, 1.54) is 11.8 Å². The van der Waals surface area contributed by atoms with Gasteiger partial charge in [0.25, 0.3) is 0 Å². The predicted molar refractivity (Wildman–Crippen MR) is 102 cm³/mol. The average molecular weight is 368 g/mol. The van der Waals surface area contributed by atoms with Crippen LogP contribution in [-0.4, -0.2) is 27.3 Å². The second kappa shape index (κ2) is 8.53. The van der Waals surface area contributed by atoms with Crippen LogP contribution in [0.1, 0.15) is 17.7 Å². The lowest BCUT2D eigenvalue weighted by molar-refractivity contribution is -0.115. The molecule has 3 rings (SSSR count). The number of anilines is 1. The van der Waals surface area contributed by atoms with Crippen molar-refractivity contribution in [3.05, 3.63) is 66.5 Å². The Kier molecular flexibility index (Phi) is 5.91. The lowest BCUT2D eigenvalue weighted by atomic mass is 10.1. The van der Waals surface area contributed by atoms with E-state index in [4.69, 9.17) is 4.74 Å². The Bertz CT molecular complexity index is 867. The molecular formula is C19H20N4O2S. The number of thioether (sulfide) groups is 1. The zero-order valence-corrected chi connectivity index (χ0v) is 15.4. The number of aryl methyl sites for hydroxylation is 1. The number of carbonyl (C=O) groups is 1. The molecule has 0 saturated carbocycles. The van der Waals surface area contributed by atoms with Gasteiger partial charge < -0.3 is 14.6 Å². The van der Waals surface area contributed by atoms with Crippen molar-refractivity contribution < 1.29 is 9.53 Å². The Labute approximate surface area is 156 Å². The maximum Gasteiger partial charge on any atom is 0.242 e. The van der Waals surface area contributed by atoms with Crippen molar-refractivity contribution in [3.8, 4) is 5.75 Å². The number of hydrogen-bond donors (Lipinski definition) is 1. The number of para-hydroxylation sites is 2. The van der Waals surface area contributed by atoms with Crippen LogP contribution in [0.15, 0.2) is 66.1 Å². The van der Waals surface area contributed by atoms with Crippen LogP contribution in [0.4, 0.5) is 5.69 Å². The van der Waals surface area contributed by atoms with Crippen LogP contribution in [0.2, 0.25) is 0 Å². The minimum Gasteiger partial charge on any atom is -0.492 e. The molecule has 2 aromatic carbocycles. The molecule has 134 valence electrons. The normalized spacial score (nSPS) is 11.8. The third-order valence-electron chi connectivity index (χ3n) is 3.68. The third kappa shape index (κ3) is 4.23. The molecule has 0 radical (unpaired) electrons. The molecule has 0 aliphatic heterocycles. The SMILES string of the molecule is CCOc1ccccc1NC(=O)C(Sc1nncn1C)c1ccccc1. The summed E-state index contributed by atoms with van der Waals surface area (Å²) in [5.74, 6) is 0.509. The fourth-order valence-corrected chi connectivity index (χ4v) is 3.41. The molecule has 26 heavy (non-hydrogen) atoms. The van der Waals surface area contributed by atoms with Gasteiger partial charge in [-0.25, -0.2) is 0 Å². The van der Waals surface area contributed by atoms with Crippen molar-refractivity contribution >= 4 is 23.4 Å². The highest BCUT2D eigenvalue weighted by Gasteiger charge is 2.25. The molecule has 1 unspecified atom stereocenters. The molecule has 1 amide bonds. The number of ether oxygens (including phenoxy) is 1. The van der Waals surface area contributed by atoms with Crippen LogP contribution < -0.4 is 10.1 Å². The first kappa shape index (κ1) is 18.0. The number of carbonyl (C=O) groups excluding carboxylic acids is 1. The van der Waals surface area contributed by atoms with E-state index in [9.17, 15) is 4.79 Å². The van der Waals surface area contributed by atoms with Gasteiger partial charge in [-0.05, 0) is 24.6 Å². The first-order valence-electron chi connectivity index (χ1n) is 8.27. The van der Waals surface area contributed by atoms with Crippen LogP contribution >= 0.6 is 11.8 Å². The van der Waals surface area contributed by atoms with Crippen molar-refractivity contribution in [2.75, 3.05) is 11.9 Å². The fraction of sp³-hybridized carbons (Fsp3) is 0.211. The van der Waals surface area contributed by atoms with Crippen LogP contribution in [-0.2, 0) is 11.8 Å². The van der Waals surface area contributed by atoms with Crippen LogP contribution in [0.25, 0.3) is 0 Å². The van der Waals surface area contributed by atoms with Crippen LogP contribution in [0.3, 0.4) is 0 Å². The van der Waals surface area contributed by atoms with Gasteiger partial charge in [-0.2, -0.15) is 0 Å². The molecule has 0 fully saturated rings. The fourth-order valence-electron chi connectivity index (χ4n) is 2.44. The summed E-state index contributed by atoms with van der Waals surface area (Å²) in [5.41, 5.74) is 1.55. The number of nitrogens with zero attached hydrogens (tertiary/aromatic N) is 3. The third-order valence-corrected chi connectivity index (χ3v) is 4.98. The Morgan fingerprint density at radius 3 is 2.62 bits per heavy atom. The molecule has 6 nitrogen and oxygen atoms in total. The van der Waals surface area contributed by atoms with Crippen LogP contribution in [0, 0.1) is 0 Å². The highest BCUT2D eigenvalue weighted by Crippen LogP contribution is 2.35. The van der Waals surface area contributed by atoms with Gasteiger partial charge in [0.1, 0.15) is 17.3 Å². The summed E-state index contributed by atoms with van der Waals surface area (Å²) in [4.78, 5) is 13.1. The molecule has 7 heteroatoms. The second-order valence-corrected chi connectivity index (χ2v) is 6.62. The standard InChI is InChI=1S/C19H20N4O2S/c1-3-25-16-12-8-7-11-15(16)21-18(24)17(14-9-5-4-6-10-14)26-19-22-20-13-23(19)2/h4-13,17H,3H2,1-2H3,(H,21,24). The number of rotatable bonds is 7. The van der Waals surface area contributed by atoms with Crippen molar-refractivity contribution in [1.29, 1.82) is 0 Å². The van der Waals surface area contributed by atoms with E-state index in [2.05, 4.69) is 15.5 Å². The molecular weight excluding hydrogens is 348 g/mol. The number of amides is 1. The van der Waals surface area contributed by atoms with E-state index in [0.29, 0.717) is 23.2 Å². The van der Waals surface area contributed by atoms with E-state index >= 15 is 0 Å². The van der Waals surface area contributed by atoms with Crippen LogP contribution in [0.5, 0.6) is 5.75 Å². The molecule has 0 spiro atoms. The average Bonchev–Trinajstić information content (AvgIpc) is 3.07. The molecule has 1 heterocycles. The summed E-state index contributed by atoms with van der Waals surface area (Å²) in [6, 6.07) is 17.0. The Morgan fingerprint density at radius 1 is 1.19 bits per heavy atom. The van der Waals surface area contributed by atoms with Crippen molar-refractivity contribution in [2.45, 2.75) is 17.3 Å². The Morgan fingerprint density at radius 2 is 1.92 bits per heavy atom. The highest BCUT2D eigenvalue weighted by atomic mass is 32.2. The summed E-state index contributed by atoms with van der Waals surface area (Å²) < 4.78 is 7.39. The van der Waals surface area contributed by atoms with E-state index in [0.717, 1.165) is 5.56 Å². The first-order valence-corrected chi connectivity index (χ1v) is 9.15. The van der Waals surface area contributed by atoms with Gasteiger partial charge in [-0.1, -0.05) is 54.2 Å². The van der Waals surface area contributed by atoms with E-state index < -0.39 is 5.25 Å². The van der Waals surface area contributed by atoms with Crippen molar-refractivity contribution in [2.24, 2.45) is 7.05 Å². The summed E-state index contributed by atoms with van der Waals surface area (Å²) >= 11 is 1.36. The summed E-state index contributed by atoms with van der Waals surface area (Å²) in [5, 5.41) is 11.2. The second-order valence-electron chi connectivity index (χ2n) is 5.55. The van der Waals surface area contributed by atoms with E-state index in [1.807, 2.05) is 68.6 Å². The molecule has 1 atom stereocenters. The molecule has 1 aromatic heterocycles. The minimum atomic E-state index is -0.464. The molecule has 1 N–H and O–H groups in total. The Hall–Kier alpha value is -2.80. The molecule has 0 bridgehead atoms. The maximum atomic E-state index is 13.1. The van der Waals surface area contributed by atoms with E-state index in [1.54, 1.807) is 10.9 Å². The Balaban J connectivity index is 1.87. The monoisotopic (exact) mass is 368 g/mol. The van der Waals surface area contributed by atoms with E-state index in [-0.39, 0.29) is 5.91 Å². The largest absolute Gasteiger partial charge is 0.492 e. The van der Waals surface area contributed by atoms with Gasteiger partial charge in [-0.15, -0.1) is 10.2 Å². The van der Waals surface area contributed by atoms with Gasteiger partial charge in [0.15, 0.2) is 5.16 Å². The summed E-state index contributed by atoms with van der Waals surface area (Å²) in [6.07, 6.45) is 1.62. The maximum absolute atomic E-state index is 13.1. The molecule has 0 saturated heterocycles. The number of aromatic nitrogens is 3. The van der Waals surface area contributed by atoms with Gasteiger partial charge >= 0.3 is 0 Å². The topological polar surface area (TPSA) is 69.0 Å². The summed E-state index contributed by atoms with van der Waals surface area (Å²) in [7, 11) is 1.85. The molecule has 3 aromatic rings. The molecule has 0 aliphatic carbocycles. The zero-order chi connectivity index (χ0) is 18.4. The predicted octanol–water partition coefficient (Wildman–Crippen LogP) is 3.69. The molecule has 0 aliphatic rings. The van der Waals surface area contributed by atoms with Gasteiger partial charge in [0.05, 0.1) is 12.3 Å². The van der Waals surface area contributed by atoms with Gasteiger partial charge in [0, 0.05) is 7.05 Å². The minimum absolute atomic E-state index is 0.142. The quantitative estimate of drug-likeness (QED) is 0.644. The number of benzene rings is 2. The smallest absolute Gasteiger partial charge is 0.242 e. The number of hydrogen-bond acceptors (Lipinski definition) is 5. The van der Waals surface area contributed by atoms with Gasteiger partial charge in [-0.3, -0.25) is 4.79 Å². The number of nitrogens with one attached hydrogen (secondary N) is 1. The highest BCUT2D eigenvalue weighted by molar-refractivity contribution is 8.00. The van der Waals surface area contributed by atoms with Crippen molar-refractivity contribution in [3.63, 3.8) is 0 Å². The zero-order valence-electron chi connectivity index (χ0n) is 14.6. The van der Waals surface area contributed by atoms with Gasteiger partial charge in [0.2, 0.25) is 5.91 Å². The first-order chi connectivity index (χ1) is 12.7. The lowest BCUT2D eigenvalue weighted by Gasteiger charge is -2.18. The summed E-state index contributed by atoms with van der Waals surface area (Å²) in [6.45, 7) is 2.44.